The Labute approximate surface area is 179 Å². The molecule has 29 heavy (non-hydrogen) atoms. The minimum atomic E-state index is -0.404. The van der Waals surface area contributed by atoms with Gasteiger partial charge in [0.2, 0.25) is 10.5 Å². The quantitative estimate of drug-likeness (QED) is 0.528. The highest BCUT2D eigenvalue weighted by molar-refractivity contribution is 6.64. The average molecular weight is 431 g/mol. The van der Waals surface area contributed by atoms with Crippen LogP contribution in [0.2, 0.25) is 0 Å². The van der Waals surface area contributed by atoms with Crippen LogP contribution in [0.5, 0.6) is 11.5 Å². The third kappa shape index (κ3) is 7.08. The van der Waals surface area contributed by atoms with Gasteiger partial charge in [-0.15, -0.1) is 0 Å². The zero-order valence-electron chi connectivity index (χ0n) is 15.6. The van der Waals surface area contributed by atoms with Gasteiger partial charge in [0.15, 0.2) is 0 Å². The van der Waals surface area contributed by atoms with E-state index >= 15 is 0 Å². The molecule has 4 nitrogen and oxygen atoms in total. The topological polar surface area (TPSA) is 52.6 Å². The highest BCUT2D eigenvalue weighted by Gasteiger charge is 2.13. The zero-order valence-corrected chi connectivity index (χ0v) is 17.2. The molecule has 1 aliphatic rings. The number of ether oxygens (including phenoxy) is 2. The normalized spacial score (nSPS) is 15.9. The molecule has 150 valence electrons. The Morgan fingerprint density at radius 1 is 0.931 bits per heavy atom. The molecule has 0 spiro atoms. The van der Waals surface area contributed by atoms with Gasteiger partial charge in [-0.2, -0.15) is 0 Å². The van der Waals surface area contributed by atoms with Gasteiger partial charge >= 0.3 is 0 Å². The molecule has 0 heterocycles. The number of hydrogen-bond acceptors (Lipinski definition) is 4. The van der Waals surface area contributed by atoms with Crippen LogP contribution in [-0.4, -0.2) is 16.6 Å². The summed E-state index contributed by atoms with van der Waals surface area (Å²) in [5.74, 6) is 2.17. The summed E-state index contributed by atoms with van der Waals surface area (Å²) in [4.78, 5) is 22.2. The largest absolute Gasteiger partial charge is 0.486 e. The number of benzene rings is 2. The molecule has 1 unspecified atom stereocenters. The number of carbonyl (C=O) groups excluding carboxylic acids is 2. The van der Waals surface area contributed by atoms with Crippen LogP contribution >= 0.6 is 23.2 Å². The Morgan fingerprint density at radius 3 is 2.21 bits per heavy atom. The molecule has 3 rings (SSSR count). The highest BCUT2D eigenvalue weighted by Crippen LogP contribution is 2.24. The molecule has 0 bridgehead atoms. The van der Waals surface area contributed by atoms with Crippen molar-refractivity contribution in [3.63, 3.8) is 0 Å². The molecule has 1 aliphatic carbocycles. The monoisotopic (exact) mass is 430 g/mol. The molecule has 0 fully saturated rings. The first-order valence-corrected chi connectivity index (χ1v) is 10.00. The lowest BCUT2D eigenvalue weighted by Gasteiger charge is -2.16. The fraction of sp³-hybridized carbons (Fsp3) is 0.217. The van der Waals surface area contributed by atoms with E-state index in [1.165, 1.54) is 0 Å². The second-order valence-corrected chi connectivity index (χ2v) is 7.52. The maximum absolute atomic E-state index is 11.1. The van der Waals surface area contributed by atoms with Crippen molar-refractivity contribution < 1.29 is 19.1 Å². The molecule has 0 radical (unpaired) electrons. The van der Waals surface area contributed by atoms with Crippen LogP contribution in [0.4, 0.5) is 0 Å². The van der Waals surface area contributed by atoms with Crippen LogP contribution in [0.25, 0.3) is 0 Å². The number of allylic oxidation sites excluding steroid dienone is 3. The Bertz CT molecular complexity index is 949. The summed E-state index contributed by atoms with van der Waals surface area (Å²) in [6.45, 7) is 0. The molecule has 0 N–H and O–H groups in total. The molecule has 0 saturated carbocycles. The van der Waals surface area contributed by atoms with E-state index in [0.29, 0.717) is 17.9 Å². The zero-order chi connectivity index (χ0) is 20.6. The van der Waals surface area contributed by atoms with Crippen molar-refractivity contribution in [1.29, 1.82) is 0 Å². The highest BCUT2D eigenvalue weighted by atomic mass is 35.5. The Kier molecular flexibility index (Phi) is 7.50. The van der Waals surface area contributed by atoms with E-state index in [2.05, 4.69) is 0 Å². The molecule has 2 aromatic rings. The van der Waals surface area contributed by atoms with Crippen LogP contribution in [-0.2, 0) is 22.4 Å². The Hall–Kier alpha value is -2.56. The van der Waals surface area contributed by atoms with Crippen LogP contribution in [0.3, 0.4) is 0 Å². The summed E-state index contributed by atoms with van der Waals surface area (Å²) >= 11 is 10.9. The third-order valence-electron chi connectivity index (χ3n) is 4.30. The molecule has 2 aromatic carbocycles. The van der Waals surface area contributed by atoms with Crippen LogP contribution in [0.1, 0.15) is 24.0 Å². The first kappa shape index (κ1) is 21.2. The van der Waals surface area contributed by atoms with Crippen LogP contribution < -0.4 is 9.47 Å². The maximum atomic E-state index is 11.1. The van der Waals surface area contributed by atoms with Gasteiger partial charge < -0.3 is 9.47 Å². The maximum Gasteiger partial charge on any atom is 0.226 e. The fourth-order valence-corrected chi connectivity index (χ4v) is 3.34. The van der Waals surface area contributed by atoms with E-state index in [1.54, 1.807) is 0 Å². The van der Waals surface area contributed by atoms with Gasteiger partial charge in [0.25, 0.3) is 0 Å². The van der Waals surface area contributed by atoms with Gasteiger partial charge in [0, 0.05) is 19.3 Å². The Balaban J connectivity index is 1.57. The predicted octanol–water partition coefficient (Wildman–Crippen LogP) is 5.36. The molecule has 0 aliphatic heterocycles. The molecule has 0 saturated heterocycles. The Morgan fingerprint density at radius 2 is 1.55 bits per heavy atom. The number of hydrogen-bond donors (Lipinski definition) is 0. The van der Waals surface area contributed by atoms with Crippen molar-refractivity contribution in [3.8, 4) is 11.5 Å². The lowest BCUT2D eigenvalue weighted by Crippen LogP contribution is -2.13. The third-order valence-corrected chi connectivity index (χ3v) is 4.57. The van der Waals surface area contributed by atoms with E-state index < -0.39 is 10.5 Å². The second-order valence-electron chi connectivity index (χ2n) is 6.67. The minimum absolute atomic E-state index is 0.116. The van der Waals surface area contributed by atoms with Crippen molar-refractivity contribution in [2.24, 2.45) is 0 Å². The molecule has 0 amide bonds. The summed E-state index contributed by atoms with van der Waals surface area (Å²) in [5.41, 5.74) is 1.63. The van der Waals surface area contributed by atoms with Crippen molar-refractivity contribution in [2.75, 3.05) is 0 Å². The molecular weight excluding hydrogens is 411 g/mol. The standard InChI is InChI=1S/C23H20Cl2O4/c24-22(26)14-16-4-1-8-20(12-16)28-18-6-3-7-19(11-10-18)29-21-9-2-5-17(13-21)15-23(25)27/h1-9,12-13,18H,10-11,14-15H2. The lowest BCUT2D eigenvalue weighted by molar-refractivity contribution is -0.111. The van der Waals surface area contributed by atoms with Crippen LogP contribution in [0.15, 0.2) is 72.5 Å². The van der Waals surface area contributed by atoms with E-state index in [0.717, 1.165) is 23.3 Å². The van der Waals surface area contributed by atoms with Crippen molar-refractivity contribution in [3.05, 3.63) is 83.6 Å². The van der Waals surface area contributed by atoms with Gasteiger partial charge in [-0.05, 0) is 77.2 Å². The van der Waals surface area contributed by atoms with E-state index in [-0.39, 0.29) is 18.9 Å². The van der Waals surface area contributed by atoms with E-state index in [1.807, 2.05) is 66.8 Å². The van der Waals surface area contributed by atoms with Gasteiger partial charge in [-0.3, -0.25) is 9.59 Å². The number of rotatable bonds is 8. The first-order valence-electron chi connectivity index (χ1n) is 9.24. The van der Waals surface area contributed by atoms with Gasteiger partial charge in [-0.25, -0.2) is 0 Å². The van der Waals surface area contributed by atoms with E-state index in [4.69, 9.17) is 32.7 Å². The number of carbonyl (C=O) groups is 2. The molecule has 1 atom stereocenters. The summed E-state index contributed by atoms with van der Waals surface area (Å²) in [6, 6.07) is 14.7. The van der Waals surface area contributed by atoms with Crippen molar-refractivity contribution >= 4 is 33.7 Å². The van der Waals surface area contributed by atoms with Gasteiger partial charge in [-0.1, -0.05) is 30.3 Å². The lowest BCUT2D eigenvalue weighted by atomic mass is 10.1. The SMILES string of the molecule is O=C(Cl)Cc1cccc(OC2=CC=CC(Oc3cccc(CC(=O)Cl)c3)CC2)c1. The summed E-state index contributed by atoms with van der Waals surface area (Å²) in [5, 5.41) is -0.805. The van der Waals surface area contributed by atoms with Gasteiger partial charge in [0.05, 0.1) is 0 Å². The van der Waals surface area contributed by atoms with Crippen molar-refractivity contribution in [1.82, 2.24) is 0 Å². The number of halogens is 2. The minimum Gasteiger partial charge on any atom is -0.486 e. The van der Waals surface area contributed by atoms with Gasteiger partial charge in [0.1, 0.15) is 23.4 Å². The molecule has 6 heteroatoms. The van der Waals surface area contributed by atoms with Crippen LogP contribution in [0, 0.1) is 0 Å². The first-order chi connectivity index (χ1) is 14.0. The average Bonchev–Trinajstić information content (AvgIpc) is 2.86. The second kappa shape index (κ2) is 10.3. The summed E-state index contributed by atoms with van der Waals surface area (Å²) in [7, 11) is 0. The molecular formula is C23H20Cl2O4. The summed E-state index contributed by atoms with van der Waals surface area (Å²) < 4.78 is 12.0. The smallest absolute Gasteiger partial charge is 0.226 e. The van der Waals surface area contributed by atoms with E-state index in [9.17, 15) is 9.59 Å². The predicted molar refractivity (Wildman–Crippen MR) is 114 cm³/mol. The molecule has 0 aromatic heterocycles. The fourth-order valence-electron chi connectivity index (χ4n) is 3.03. The summed E-state index contributed by atoms with van der Waals surface area (Å²) in [6.07, 6.45) is 7.44. The van der Waals surface area contributed by atoms with Crippen molar-refractivity contribution in [2.45, 2.75) is 31.8 Å².